The Balaban J connectivity index is 2.03. The second-order valence-electron chi connectivity index (χ2n) is 9.55. The predicted molar refractivity (Wildman–Crippen MR) is 122 cm³/mol. The molecule has 0 radical (unpaired) electrons. The number of hydrogen-bond acceptors (Lipinski definition) is 5. The first-order valence-corrected chi connectivity index (χ1v) is 12.8. The third-order valence-electron chi connectivity index (χ3n) is 7.91. The van der Waals surface area contributed by atoms with Crippen LogP contribution in [0.25, 0.3) is 0 Å². The maximum absolute atomic E-state index is 13.9. The fourth-order valence-corrected chi connectivity index (χ4v) is 8.49. The second-order valence-corrected chi connectivity index (χ2v) is 11.1. The monoisotopic (exact) mass is 453 g/mol. The van der Waals surface area contributed by atoms with E-state index in [9.17, 15) is 19.5 Å². The van der Waals surface area contributed by atoms with E-state index in [1.165, 1.54) is 0 Å². The van der Waals surface area contributed by atoms with E-state index in [-0.39, 0.29) is 41.4 Å². The highest BCUT2D eigenvalue weighted by atomic mass is 32.2. The highest BCUT2D eigenvalue weighted by Crippen LogP contribution is 2.68. The maximum atomic E-state index is 13.9. The lowest BCUT2D eigenvalue weighted by Gasteiger charge is -2.41. The molecular formula is C23H39N3O4S. The minimum atomic E-state index is -0.655. The van der Waals surface area contributed by atoms with E-state index in [0.717, 1.165) is 32.1 Å². The topological polar surface area (TPSA) is 98.7 Å². The van der Waals surface area contributed by atoms with E-state index in [1.54, 1.807) is 23.7 Å². The van der Waals surface area contributed by atoms with Crippen molar-refractivity contribution in [1.29, 1.82) is 0 Å². The fourth-order valence-electron chi connectivity index (χ4n) is 6.08. The largest absolute Gasteiger partial charge is 0.394 e. The van der Waals surface area contributed by atoms with Gasteiger partial charge in [0.05, 0.1) is 29.2 Å². The predicted octanol–water partition coefficient (Wildman–Crippen LogP) is 1.78. The maximum Gasteiger partial charge on any atom is 0.244 e. The molecule has 0 aromatic carbocycles. The Morgan fingerprint density at radius 1 is 1.29 bits per heavy atom. The molecule has 0 aliphatic carbocycles. The number of carbonyl (C=O) groups excluding carboxylic acids is 3. The summed E-state index contributed by atoms with van der Waals surface area (Å²) in [5, 5.41) is 16.1. The lowest BCUT2D eigenvalue weighted by atomic mass is 9.66. The molecule has 0 aromatic rings. The van der Waals surface area contributed by atoms with Gasteiger partial charge in [-0.2, -0.15) is 0 Å². The summed E-state index contributed by atoms with van der Waals surface area (Å²) in [6.45, 7) is 8.68. The highest BCUT2D eigenvalue weighted by molar-refractivity contribution is 8.02. The summed E-state index contributed by atoms with van der Waals surface area (Å²) in [5.74, 6) is -1.13. The number of amides is 3. The number of fused-ring (bicyclic) bond motifs is 1. The molecule has 3 N–H and O–H groups in total. The van der Waals surface area contributed by atoms with E-state index >= 15 is 0 Å². The van der Waals surface area contributed by atoms with Crippen molar-refractivity contribution in [1.82, 2.24) is 15.5 Å². The zero-order valence-corrected chi connectivity index (χ0v) is 20.3. The summed E-state index contributed by atoms with van der Waals surface area (Å²) in [6, 6.07) is -1.08. The van der Waals surface area contributed by atoms with E-state index in [0.29, 0.717) is 6.54 Å². The van der Waals surface area contributed by atoms with Crippen LogP contribution in [-0.2, 0) is 14.4 Å². The molecule has 1 spiro atoms. The number of thioether (sulfide) groups is 1. The van der Waals surface area contributed by atoms with Crippen molar-refractivity contribution in [3.05, 3.63) is 0 Å². The lowest BCUT2D eigenvalue weighted by Crippen LogP contribution is -2.59. The third kappa shape index (κ3) is 3.77. The van der Waals surface area contributed by atoms with Gasteiger partial charge >= 0.3 is 0 Å². The minimum absolute atomic E-state index is 0.0514. The molecule has 8 heteroatoms. The number of nitrogens with zero attached hydrogens (tertiary/aromatic N) is 1. The van der Waals surface area contributed by atoms with Gasteiger partial charge in [0.25, 0.3) is 0 Å². The summed E-state index contributed by atoms with van der Waals surface area (Å²) < 4.78 is -0.616. The average Bonchev–Trinajstić information content (AvgIpc) is 3.35. The van der Waals surface area contributed by atoms with E-state index < -0.39 is 28.7 Å². The van der Waals surface area contributed by atoms with Gasteiger partial charge in [-0.3, -0.25) is 14.4 Å². The summed E-state index contributed by atoms with van der Waals surface area (Å²) in [5.41, 5.74) is 0. The fraction of sp³-hybridized carbons (Fsp3) is 0.870. The number of likely N-dealkylation sites (tertiary alicyclic amines) is 1. The van der Waals surface area contributed by atoms with Gasteiger partial charge in [0.15, 0.2) is 0 Å². The van der Waals surface area contributed by atoms with Gasteiger partial charge in [-0.1, -0.05) is 47.0 Å². The molecule has 0 aromatic heterocycles. The molecule has 2 bridgehead atoms. The van der Waals surface area contributed by atoms with Crippen LogP contribution in [0.4, 0.5) is 0 Å². The molecule has 7 nitrogen and oxygen atoms in total. The first-order valence-electron chi connectivity index (χ1n) is 11.9. The van der Waals surface area contributed by atoms with E-state index in [1.807, 2.05) is 13.8 Å². The zero-order valence-electron chi connectivity index (χ0n) is 19.5. The number of carbonyl (C=O) groups is 3. The number of unbranched alkanes of at least 4 members (excludes halogenated alkanes) is 2. The van der Waals surface area contributed by atoms with Crippen LogP contribution in [0.5, 0.6) is 0 Å². The lowest BCUT2D eigenvalue weighted by molar-refractivity contribution is -0.143. The van der Waals surface area contributed by atoms with Crippen molar-refractivity contribution in [3.8, 4) is 0 Å². The van der Waals surface area contributed by atoms with Crippen LogP contribution in [0.1, 0.15) is 59.8 Å². The van der Waals surface area contributed by atoms with Gasteiger partial charge in [-0.15, -0.1) is 11.8 Å². The Bertz CT molecular complexity index is 704. The molecule has 31 heavy (non-hydrogen) atoms. The van der Waals surface area contributed by atoms with Crippen LogP contribution in [0.2, 0.25) is 0 Å². The second kappa shape index (κ2) is 9.69. The van der Waals surface area contributed by atoms with Crippen molar-refractivity contribution in [2.75, 3.05) is 20.2 Å². The molecule has 3 fully saturated rings. The summed E-state index contributed by atoms with van der Waals surface area (Å²) in [7, 11) is 1.61. The Hall–Kier alpha value is -1.28. The van der Waals surface area contributed by atoms with Crippen LogP contribution >= 0.6 is 11.8 Å². The van der Waals surface area contributed by atoms with Gasteiger partial charge in [0, 0.05) is 18.8 Å². The molecule has 8 atom stereocenters. The molecule has 3 aliphatic rings. The number of aliphatic hydroxyl groups excluding tert-OH is 1. The highest BCUT2D eigenvalue weighted by Gasteiger charge is 2.76. The smallest absolute Gasteiger partial charge is 0.244 e. The molecule has 3 unspecified atom stereocenters. The van der Waals surface area contributed by atoms with Crippen molar-refractivity contribution >= 4 is 29.5 Å². The minimum Gasteiger partial charge on any atom is -0.394 e. The first-order chi connectivity index (χ1) is 14.8. The van der Waals surface area contributed by atoms with Gasteiger partial charge in [0.2, 0.25) is 17.7 Å². The molecule has 176 valence electrons. The van der Waals surface area contributed by atoms with Gasteiger partial charge in [-0.05, 0) is 24.7 Å². The first kappa shape index (κ1) is 24.4. The Morgan fingerprint density at radius 2 is 2.00 bits per heavy atom. The quantitative estimate of drug-likeness (QED) is 0.438. The summed E-state index contributed by atoms with van der Waals surface area (Å²) in [4.78, 5) is 42.0. The Kier molecular flexibility index (Phi) is 7.62. The van der Waals surface area contributed by atoms with Crippen molar-refractivity contribution in [2.45, 2.75) is 81.9 Å². The number of hydrogen-bond donors (Lipinski definition) is 3. The molecule has 3 rings (SSSR count). The normalized spacial score (nSPS) is 35.7. The van der Waals surface area contributed by atoms with Crippen LogP contribution in [-0.4, -0.2) is 70.0 Å². The average molecular weight is 454 g/mol. The molecular weight excluding hydrogens is 414 g/mol. The van der Waals surface area contributed by atoms with Crippen LogP contribution < -0.4 is 10.6 Å². The standard InChI is InChI=1S/C23H39N3O4S/c1-6-8-9-10-25-21(29)19-23-14(4)11-16(31-23)17(20(28)24-5)18(23)22(30)26(19)15(12-27)13(3)7-2/h13-19,27H,6-12H2,1-5H3,(H,24,28)(H,25,29)/t13-,14?,15-,16+,17-,18-,19?,23?/m0/s1. The van der Waals surface area contributed by atoms with Gasteiger partial charge < -0.3 is 20.6 Å². The van der Waals surface area contributed by atoms with Crippen LogP contribution in [0.15, 0.2) is 0 Å². The number of rotatable bonds is 10. The van der Waals surface area contributed by atoms with Crippen molar-refractivity contribution in [2.24, 2.45) is 23.7 Å². The van der Waals surface area contributed by atoms with Crippen molar-refractivity contribution < 1.29 is 19.5 Å². The summed E-state index contributed by atoms with van der Waals surface area (Å²) in [6.07, 6.45) is 4.63. The van der Waals surface area contributed by atoms with Gasteiger partial charge in [0.1, 0.15) is 6.04 Å². The number of nitrogens with one attached hydrogen (secondary N) is 2. The molecule has 3 aliphatic heterocycles. The SMILES string of the molecule is CCCCCNC(=O)C1N([C@@H](CO)[C@@H](C)CC)C(=O)[C@@H]2[C@@H](C(=O)NC)[C@H]3CC(C)C12S3. The van der Waals surface area contributed by atoms with Crippen LogP contribution in [0, 0.1) is 23.7 Å². The molecule has 3 heterocycles. The zero-order chi connectivity index (χ0) is 22.9. The third-order valence-corrected chi connectivity index (χ3v) is 9.98. The van der Waals surface area contributed by atoms with E-state index in [4.69, 9.17) is 0 Å². The Morgan fingerprint density at radius 3 is 2.58 bits per heavy atom. The molecule has 3 amide bonds. The van der Waals surface area contributed by atoms with Crippen molar-refractivity contribution in [3.63, 3.8) is 0 Å². The van der Waals surface area contributed by atoms with Gasteiger partial charge in [-0.25, -0.2) is 0 Å². The summed E-state index contributed by atoms with van der Waals surface area (Å²) >= 11 is 1.68. The molecule has 0 saturated carbocycles. The Labute approximate surface area is 190 Å². The number of aliphatic hydroxyl groups is 1. The van der Waals surface area contributed by atoms with E-state index in [2.05, 4.69) is 24.5 Å². The molecule has 3 saturated heterocycles. The van der Waals surface area contributed by atoms with Crippen LogP contribution in [0.3, 0.4) is 0 Å².